The van der Waals surface area contributed by atoms with Gasteiger partial charge in [0, 0.05) is 7.05 Å². The molecule has 0 unspecified atom stereocenters. The molecule has 6 nitrogen and oxygen atoms in total. The maximum atomic E-state index is 11.7. The average molecular weight is 336 g/mol. The number of rotatable bonds is 7. The second-order valence-corrected chi connectivity index (χ2v) is 5.17. The van der Waals surface area contributed by atoms with E-state index in [0.717, 1.165) is 16.9 Å². The van der Waals surface area contributed by atoms with Gasteiger partial charge in [-0.25, -0.2) is 9.80 Å². The maximum Gasteiger partial charge on any atom is 0.337 e. The number of hydrazone groups is 1. The molecule has 0 bridgehead atoms. The van der Waals surface area contributed by atoms with E-state index in [1.807, 2.05) is 60.7 Å². The first kappa shape index (κ1) is 18.0. The van der Waals surface area contributed by atoms with Gasteiger partial charge in [-0.1, -0.05) is 30.3 Å². The van der Waals surface area contributed by atoms with Crippen LogP contribution in [0.1, 0.15) is 17.5 Å². The summed E-state index contributed by atoms with van der Waals surface area (Å²) < 4.78 is 5.73. The highest BCUT2D eigenvalue weighted by molar-refractivity contribution is 5.82. The Kier molecular flexibility index (Phi) is 7.01. The Balaban J connectivity index is 1.94. The van der Waals surface area contributed by atoms with Gasteiger partial charge in [0.2, 0.25) is 0 Å². The number of nitriles is 1. The molecule has 2 aromatic carbocycles. The van der Waals surface area contributed by atoms with E-state index in [1.165, 1.54) is 12.1 Å². The lowest BCUT2D eigenvalue weighted by Crippen LogP contribution is -2.34. The molecular weight excluding hydrogens is 316 g/mol. The van der Waals surface area contributed by atoms with Crippen molar-refractivity contribution in [2.45, 2.75) is 13.0 Å². The molecule has 0 atom stereocenters. The SMILES string of the molecule is CNC(=O)N(CCC#N)N=Cc1ccc(OCc2ccccc2)cc1. The summed E-state index contributed by atoms with van der Waals surface area (Å²) in [4.78, 5) is 11.7. The third-order valence-corrected chi connectivity index (χ3v) is 3.36. The minimum atomic E-state index is -0.352. The van der Waals surface area contributed by atoms with Crippen LogP contribution in [0.25, 0.3) is 0 Å². The molecule has 25 heavy (non-hydrogen) atoms. The third kappa shape index (κ3) is 5.99. The molecule has 0 heterocycles. The molecule has 128 valence electrons. The van der Waals surface area contributed by atoms with Gasteiger partial charge in [0.05, 0.1) is 25.2 Å². The molecule has 0 fully saturated rings. The van der Waals surface area contributed by atoms with Crippen molar-refractivity contribution in [2.75, 3.05) is 13.6 Å². The van der Waals surface area contributed by atoms with Gasteiger partial charge in [-0.3, -0.25) is 0 Å². The molecule has 6 heteroatoms. The summed E-state index contributed by atoms with van der Waals surface area (Å²) in [5.41, 5.74) is 1.93. The Morgan fingerprint density at radius 2 is 1.96 bits per heavy atom. The summed E-state index contributed by atoms with van der Waals surface area (Å²) >= 11 is 0. The maximum absolute atomic E-state index is 11.7. The summed E-state index contributed by atoms with van der Waals surface area (Å²) in [7, 11) is 1.52. The highest BCUT2D eigenvalue weighted by Crippen LogP contribution is 2.13. The fourth-order valence-corrected chi connectivity index (χ4v) is 2.02. The van der Waals surface area contributed by atoms with Crippen LogP contribution in [-0.2, 0) is 6.61 Å². The zero-order chi connectivity index (χ0) is 17.9. The van der Waals surface area contributed by atoms with E-state index in [1.54, 1.807) is 6.21 Å². The lowest BCUT2D eigenvalue weighted by molar-refractivity contribution is 0.204. The van der Waals surface area contributed by atoms with Crippen LogP contribution in [0.4, 0.5) is 4.79 Å². The van der Waals surface area contributed by atoms with Crippen molar-refractivity contribution in [3.05, 3.63) is 65.7 Å². The fraction of sp³-hybridized carbons (Fsp3) is 0.211. The Morgan fingerprint density at radius 1 is 1.24 bits per heavy atom. The van der Waals surface area contributed by atoms with Crippen LogP contribution in [0.15, 0.2) is 59.7 Å². The van der Waals surface area contributed by atoms with Crippen molar-refractivity contribution in [1.29, 1.82) is 5.26 Å². The van der Waals surface area contributed by atoms with Crippen LogP contribution in [0.5, 0.6) is 5.75 Å². The van der Waals surface area contributed by atoms with Gasteiger partial charge in [0.15, 0.2) is 0 Å². The van der Waals surface area contributed by atoms with Gasteiger partial charge < -0.3 is 10.1 Å². The quantitative estimate of drug-likeness (QED) is 0.623. The topological polar surface area (TPSA) is 77.7 Å². The zero-order valence-electron chi connectivity index (χ0n) is 14.1. The Bertz CT molecular complexity index is 736. The molecule has 0 saturated heterocycles. The Hall–Kier alpha value is -3.33. The number of amides is 2. The van der Waals surface area contributed by atoms with Crippen molar-refractivity contribution < 1.29 is 9.53 Å². The number of benzene rings is 2. The van der Waals surface area contributed by atoms with Crippen LogP contribution in [0.2, 0.25) is 0 Å². The summed E-state index contributed by atoms with van der Waals surface area (Å²) in [5.74, 6) is 0.758. The Morgan fingerprint density at radius 3 is 2.60 bits per heavy atom. The second kappa shape index (κ2) is 9.73. The summed E-state index contributed by atoms with van der Waals surface area (Å²) in [6.07, 6.45) is 1.80. The van der Waals surface area contributed by atoms with E-state index in [2.05, 4.69) is 10.4 Å². The largest absolute Gasteiger partial charge is 0.489 e. The zero-order valence-corrected chi connectivity index (χ0v) is 14.1. The molecule has 0 aliphatic rings. The van der Waals surface area contributed by atoms with Gasteiger partial charge in [-0.05, 0) is 35.4 Å². The van der Waals surface area contributed by atoms with Gasteiger partial charge in [0.1, 0.15) is 12.4 Å². The first-order valence-corrected chi connectivity index (χ1v) is 7.90. The van der Waals surface area contributed by atoms with Crippen molar-refractivity contribution in [3.63, 3.8) is 0 Å². The molecule has 1 N–H and O–H groups in total. The molecule has 2 rings (SSSR count). The van der Waals surface area contributed by atoms with Crippen molar-refractivity contribution in [1.82, 2.24) is 10.3 Å². The second-order valence-electron chi connectivity index (χ2n) is 5.17. The molecule has 0 aliphatic heterocycles. The van der Waals surface area contributed by atoms with E-state index < -0.39 is 0 Å². The van der Waals surface area contributed by atoms with E-state index in [4.69, 9.17) is 10.00 Å². The van der Waals surface area contributed by atoms with E-state index >= 15 is 0 Å². The molecule has 0 aromatic heterocycles. The van der Waals surface area contributed by atoms with Crippen LogP contribution < -0.4 is 10.1 Å². The lowest BCUT2D eigenvalue weighted by atomic mass is 10.2. The highest BCUT2D eigenvalue weighted by atomic mass is 16.5. The summed E-state index contributed by atoms with van der Waals surface area (Å²) in [5, 5.41) is 16.5. The number of hydrogen-bond donors (Lipinski definition) is 1. The van der Waals surface area contributed by atoms with E-state index in [9.17, 15) is 4.79 Å². The van der Waals surface area contributed by atoms with Crippen molar-refractivity contribution in [3.8, 4) is 11.8 Å². The van der Waals surface area contributed by atoms with Gasteiger partial charge in [0.25, 0.3) is 0 Å². The monoisotopic (exact) mass is 336 g/mol. The number of urea groups is 1. The number of nitrogens with zero attached hydrogens (tertiary/aromatic N) is 3. The van der Waals surface area contributed by atoms with Crippen LogP contribution in [0, 0.1) is 11.3 Å². The lowest BCUT2D eigenvalue weighted by Gasteiger charge is -2.14. The fourth-order valence-electron chi connectivity index (χ4n) is 2.02. The molecule has 0 saturated carbocycles. The van der Waals surface area contributed by atoms with Gasteiger partial charge in [-0.2, -0.15) is 10.4 Å². The molecule has 0 spiro atoms. The number of hydrogen-bond acceptors (Lipinski definition) is 4. The minimum absolute atomic E-state index is 0.219. The molecule has 0 aliphatic carbocycles. The van der Waals surface area contributed by atoms with Crippen molar-refractivity contribution in [2.24, 2.45) is 5.10 Å². The van der Waals surface area contributed by atoms with Gasteiger partial charge >= 0.3 is 6.03 Å². The normalized spacial score (nSPS) is 10.2. The summed E-state index contributed by atoms with van der Waals surface area (Å²) in [6.45, 7) is 0.748. The number of ether oxygens (including phenoxy) is 1. The molecule has 0 radical (unpaired) electrons. The molecule has 2 amide bonds. The first-order chi connectivity index (χ1) is 12.2. The molecule has 2 aromatic rings. The van der Waals surface area contributed by atoms with Gasteiger partial charge in [-0.15, -0.1) is 0 Å². The van der Waals surface area contributed by atoms with E-state index in [0.29, 0.717) is 6.61 Å². The predicted molar refractivity (Wildman–Crippen MR) is 96.2 cm³/mol. The molecular formula is C19H20N4O2. The first-order valence-electron chi connectivity index (χ1n) is 7.90. The summed E-state index contributed by atoms with van der Waals surface area (Å²) in [6, 6.07) is 19.0. The predicted octanol–water partition coefficient (Wildman–Crippen LogP) is 3.15. The average Bonchev–Trinajstić information content (AvgIpc) is 2.67. The smallest absolute Gasteiger partial charge is 0.337 e. The van der Waals surface area contributed by atoms with Crippen LogP contribution in [-0.4, -0.2) is 30.8 Å². The van der Waals surface area contributed by atoms with Crippen LogP contribution in [0.3, 0.4) is 0 Å². The minimum Gasteiger partial charge on any atom is -0.489 e. The number of nitrogens with one attached hydrogen (secondary N) is 1. The third-order valence-electron chi connectivity index (χ3n) is 3.36. The standard InChI is InChI=1S/C19H20N4O2/c1-21-19(24)23(13-5-12-20)22-14-16-8-10-18(11-9-16)25-15-17-6-3-2-4-7-17/h2-4,6-11,14H,5,13,15H2,1H3,(H,21,24). The number of carbonyl (C=O) groups excluding carboxylic acids is 1. The van der Waals surface area contributed by atoms with Crippen molar-refractivity contribution >= 4 is 12.2 Å². The Labute approximate surface area is 147 Å². The van der Waals surface area contributed by atoms with Crippen LogP contribution >= 0.6 is 0 Å². The highest BCUT2D eigenvalue weighted by Gasteiger charge is 2.08. The van der Waals surface area contributed by atoms with E-state index in [-0.39, 0.29) is 19.0 Å². The number of carbonyl (C=O) groups is 1.